The van der Waals surface area contributed by atoms with E-state index in [0.717, 1.165) is 31.9 Å². The molecule has 0 aromatic carbocycles. The Kier molecular flexibility index (Phi) is 3.84. The van der Waals surface area contributed by atoms with Crippen LogP contribution >= 0.6 is 0 Å². The van der Waals surface area contributed by atoms with E-state index in [1.807, 2.05) is 0 Å². The number of aryl methyl sites for hydroxylation is 1. The zero-order chi connectivity index (χ0) is 11.4. The highest BCUT2D eigenvalue weighted by atomic mass is 15.6. The molecule has 16 heavy (non-hydrogen) atoms. The van der Waals surface area contributed by atoms with Crippen LogP contribution in [-0.4, -0.2) is 44.2 Å². The number of nitrogens with two attached hydrogens (primary N) is 1. The molecule has 1 aromatic heterocycles. The van der Waals surface area contributed by atoms with E-state index in [0.29, 0.717) is 6.04 Å². The molecule has 0 saturated heterocycles. The minimum Gasteiger partial charge on any atom is -0.330 e. The van der Waals surface area contributed by atoms with Gasteiger partial charge in [0.25, 0.3) is 0 Å². The highest BCUT2D eigenvalue weighted by Gasteiger charge is 2.25. The summed E-state index contributed by atoms with van der Waals surface area (Å²) in [5, 5.41) is 12.1. The monoisotopic (exact) mass is 224 g/mol. The van der Waals surface area contributed by atoms with Gasteiger partial charge in [0.15, 0.2) is 5.82 Å². The van der Waals surface area contributed by atoms with E-state index in [9.17, 15) is 0 Å². The van der Waals surface area contributed by atoms with Crippen LogP contribution in [0.5, 0.6) is 0 Å². The van der Waals surface area contributed by atoms with Gasteiger partial charge < -0.3 is 5.73 Å². The zero-order valence-corrected chi connectivity index (χ0v) is 9.84. The third-order valence-corrected chi connectivity index (χ3v) is 3.13. The summed E-state index contributed by atoms with van der Waals surface area (Å²) in [6, 6.07) is 0.704. The average Bonchev–Trinajstić information content (AvgIpc) is 2.58. The van der Waals surface area contributed by atoms with Crippen molar-refractivity contribution < 1.29 is 0 Å². The van der Waals surface area contributed by atoms with Gasteiger partial charge in [-0.2, -0.15) is 4.80 Å². The lowest BCUT2D eigenvalue weighted by Gasteiger charge is -2.36. The molecule has 6 nitrogen and oxygen atoms in total. The molecule has 2 N–H and O–H groups in total. The highest BCUT2D eigenvalue weighted by molar-refractivity contribution is 4.85. The fourth-order valence-corrected chi connectivity index (χ4v) is 2.01. The third-order valence-electron chi connectivity index (χ3n) is 3.13. The molecule has 1 fully saturated rings. The van der Waals surface area contributed by atoms with Gasteiger partial charge in [-0.3, -0.25) is 4.90 Å². The predicted molar refractivity (Wildman–Crippen MR) is 60.5 cm³/mol. The van der Waals surface area contributed by atoms with Crippen LogP contribution in [0.25, 0.3) is 0 Å². The summed E-state index contributed by atoms with van der Waals surface area (Å²) in [5.41, 5.74) is 5.56. The molecule has 0 radical (unpaired) electrons. The minimum atomic E-state index is 0.704. The van der Waals surface area contributed by atoms with Gasteiger partial charge in [0.05, 0.1) is 13.6 Å². The molecule has 6 heteroatoms. The molecule has 0 aliphatic heterocycles. The van der Waals surface area contributed by atoms with Crippen LogP contribution in [0.4, 0.5) is 0 Å². The fraction of sp³-hybridized carbons (Fsp3) is 0.900. The summed E-state index contributed by atoms with van der Waals surface area (Å²) >= 11 is 0. The van der Waals surface area contributed by atoms with Gasteiger partial charge in [-0.1, -0.05) is 6.42 Å². The Balaban J connectivity index is 1.90. The topological polar surface area (TPSA) is 72.9 Å². The Labute approximate surface area is 95.8 Å². The first-order valence-corrected chi connectivity index (χ1v) is 5.96. The summed E-state index contributed by atoms with van der Waals surface area (Å²) < 4.78 is 0. The van der Waals surface area contributed by atoms with Crippen molar-refractivity contribution in [1.82, 2.24) is 25.1 Å². The second-order valence-corrected chi connectivity index (χ2v) is 4.39. The van der Waals surface area contributed by atoms with Crippen molar-refractivity contribution in [3.05, 3.63) is 5.82 Å². The number of rotatable bonds is 6. The van der Waals surface area contributed by atoms with Crippen LogP contribution < -0.4 is 5.73 Å². The number of aromatic nitrogens is 4. The third kappa shape index (κ3) is 2.76. The van der Waals surface area contributed by atoms with E-state index >= 15 is 0 Å². The second kappa shape index (κ2) is 5.36. The Morgan fingerprint density at radius 3 is 2.81 bits per heavy atom. The Bertz CT molecular complexity index is 319. The van der Waals surface area contributed by atoms with Crippen LogP contribution in [0, 0.1) is 0 Å². The number of nitrogens with zero attached hydrogens (tertiary/aromatic N) is 5. The lowest BCUT2D eigenvalue weighted by molar-refractivity contribution is 0.115. The summed E-state index contributed by atoms with van der Waals surface area (Å²) in [6.45, 7) is 2.59. The molecule has 0 atom stereocenters. The first-order chi connectivity index (χ1) is 7.79. The van der Waals surface area contributed by atoms with Crippen LogP contribution in [0.1, 0.15) is 31.5 Å². The summed E-state index contributed by atoms with van der Waals surface area (Å²) in [5.74, 6) is 0.812. The van der Waals surface area contributed by atoms with Crippen molar-refractivity contribution >= 4 is 0 Å². The van der Waals surface area contributed by atoms with Crippen molar-refractivity contribution in [3.63, 3.8) is 0 Å². The van der Waals surface area contributed by atoms with Crippen LogP contribution in [0.2, 0.25) is 0 Å². The zero-order valence-electron chi connectivity index (χ0n) is 9.84. The Morgan fingerprint density at radius 1 is 1.50 bits per heavy atom. The molecular weight excluding hydrogens is 204 g/mol. The van der Waals surface area contributed by atoms with Crippen molar-refractivity contribution in [1.29, 1.82) is 0 Å². The maximum absolute atomic E-state index is 5.56. The van der Waals surface area contributed by atoms with Crippen LogP contribution in [0.15, 0.2) is 0 Å². The van der Waals surface area contributed by atoms with Crippen LogP contribution in [-0.2, 0) is 13.6 Å². The Hall–Kier alpha value is -1.01. The summed E-state index contributed by atoms with van der Waals surface area (Å²) in [6.07, 6.45) is 4.98. The molecule has 1 saturated carbocycles. The number of tetrazole rings is 1. The molecule has 1 aliphatic rings. The van der Waals surface area contributed by atoms with Gasteiger partial charge in [0.1, 0.15) is 0 Å². The summed E-state index contributed by atoms with van der Waals surface area (Å²) in [7, 11) is 1.80. The molecule has 1 aliphatic carbocycles. The van der Waals surface area contributed by atoms with Gasteiger partial charge in [-0.15, -0.1) is 10.2 Å². The van der Waals surface area contributed by atoms with Crippen LogP contribution in [0.3, 0.4) is 0 Å². The van der Waals surface area contributed by atoms with Gasteiger partial charge in [-0.25, -0.2) is 0 Å². The maximum Gasteiger partial charge on any atom is 0.188 e. The van der Waals surface area contributed by atoms with Crippen molar-refractivity contribution in [2.75, 3.05) is 13.1 Å². The van der Waals surface area contributed by atoms with Gasteiger partial charge >= 0.3 is 0 Å². The van der Waals surface area contributed by atoms with Gasteiger partial charge in [-0.05, 0) is 31.0 Å². The molecule has 2 rings (SSSR count). The van der Waals surface area contributed by atoms with E-state index in [4.69, 9.17) is 5.73 Å². The van der Waals surface area contributed by atoms with E-state index in [1.54, 1.807) is 7.05 Å². The molecule has 1 aromatic rings. The molecule has 0 spiro atoms. The molecular formula is C10H20N6. The smallest absolute Gasteiger partial charge is 0.188 e. The fourth-order valence-electron chi connectivity index (χ4n) is 2.01. The van der Waals surface area contributed by atoms with E-state index in [2.05, 4.69) is 20.3 Å². The summed E-state index contributed by atoms with van der Waals surface area (Å²) in [4.78, 5) is 3.95. The lowest BCUT2D eigenvalue weighted by Crippen LogP contribution is -2.41. The van der Waals surface area contributed by atoms with Gasteiger partial charge in [0, 0.05) is 12.6 Å². The maximum atomic E-state index is 5.56. The van der Waals surface area contributed by atoms with Crippen molar-refractivity contribution in [3.8, 4) is 0 Å². The average molecular weight is 224 g/mol. The van der Waals surface area contributed by atoms with Crippen molar-refractivity contribution in [2.45, 2.75) is 38.3 Å². The molecule has 90 valence electrons. The highest BCUT2D eigenvalue weighted by Crippen LogP contribution is 2.25. The molecule has 0 bridgehead atoms. The minimum absolute atomic E-state index is 0.704. The normalized spacial score (nSPS) is 16.7. The standard InChI is InChI=1S/C10H20N6/c1-15-13-10(12-14-15)8-16(7-3-6-11)9-4-2-5-9/h9H,2-8,11H2,1H3. The largest absolute Gasteiger partial charge is 0.330 e. The molecule has 0 unspecified atom stereocenters. The van der Waals surface area contributed by atoms with Crippen molar-refractivity contribution in [2.24, 2.45) is 12.8 Å². The first kappa shape index (κ1) is 11.5. The SMILES string of the molecule is Cn1nnc(CN(CCCN)C2CCC2)n1. The molecule has 1 heterocycles. The molecule has 0 amide bonds. The number of hydrogen-bond donors (Lipinski definition) is 1. The predicted octanol–water partition coefficient (Wildman–Crippen LogP) is -0.0866. The Morgan fingerprint density at radius 2 is 2.31 bits per heavy atom. The second-order valence-electron chi connectivity index (χ2n) is 4.39. The lowest BCUT2D eigenvalue weighted by atomic mass is 9.91. The number of hydrogen-bond acceptors (Lipinski definition) is 5. The van der Waals surface area contributed by atoms with E-state index in [-0.39, 0.29) is 0 Å². The first-order valence-electron chi connectivity index (χ1n) is 5.96. The quantitative estimate of drug-likeness (QED) is 0.731. The van der Waals surface area contributed by atoms with E-state index < -0.39 is 0 Å². The van der Waals surface area contributed by atoms with Gasteiger partial charge in [0.2, 0.25) is 0 Å². The van der Waals surface area contributed by atoms with E-state index in [1.165, 1.54) is 24.1 Å².